The van der Waals surface area contributed by atoms with Crippen LogP contribution in [-0.4, -0.2) is 100 Å². The molecule has 5 amide bonds. The van der Waals surface area contributed by atoms with Gasteiger partial charge in [-0.2, -0.15) is 0 Å². The van der Waals surface area contributed by atoms with Gasteiger partial charge in [-0.3, -0.25) is 24.0 Å². The molecule has 2 saturated carbocycles. The Kier molecular flexibility index (Phi) is 12.0. The van der Waals surface area contributed by atoms with Crippen molar-refractivity contribution in [3.05, 3.63) is 46.9 Å². The van der Waals surface area contributed by atoms with Crippen LogP contribution in [0.4, 0.5) is 14.7 Å². The van der Waals surface area contributed by atoms with E-state index in [4.69, 9.17) is 14.5 Å². The highest BCUT2D eigenvalue weighted by atomic mass is 32.2. The van der Waals surface area contributed by atoms with Crippen LogP contribution in [-0.2, 0) is 47.0 Å². The maximum Gasteiger partial charge on any atom is 0.410 e. The zero-order valence-corrected chi connectivity index (χ0v) is 35.9. The van der Waals surface area contributed by atoms with Gasteiger partial charge < -0.3 is 30.3 Å². The van der Waals surface area contributed by atoms with Crippen molar-refractivity contribution >= 4 is 56.4 Å². The molecule has 7 rings (SSSR count). The zero-order chi connectivity index (χ0) is 42.3. The van der Waals surface area contributed by atoms with E-state index in [1.54, 1.807) is 25.7 Å². The van der Waals surface area contributed by atoms with E-state index in [2.05, 4.69) is 20.7 Å². The van der Waals surface area contributed by atoms with E-state index >= 15 is 0 Å². The van der Waals surface area contributed by atoms with Gasteiger partial charge in [0, 0.05) is 42.4 Å². The van der Waals surface area contributed by atoms with Gasteiger partial charge in [0.2, 0.25) is 21.8 Å². The highest BCUT2D eigenvalue weighted by Gasteiger charge is 2.62. The van der Waals surface area contributed by atoms with E-state index in [9.17, 15) is 32.4 Å². The Morgan fingerprint density at radius 3 is 2.54 bits per heavy atom. The van der Waals surface area contributed by atoms with Gasteiger partial charge in [-0.15, -0.1) is 11.3 Å². The molecule has 0 spiro atoms. The molecule has 16 nitrogen and oxygen atoms in total. The molecule has 4 heterocycles. The summed E-state index contributed by atoms with van der Waals surface area (Å²) < 4.78 is 39.4. The summed E-state index contributed by atoms with van der Waals surface area (Å²) in [4.78, 5) is 76.9. The van der Waals surface area contributed by atoms with Crippen molar-refractivity contribution in [2.45, 2.75) is 146 Å². The predicted octanol–water partition coefficient (Wildman–Crippen LogP) is 4.95. The van der Waals surface area contributed by atoms with E-state index in [-0.39, 0.29) is 31.8 Å². The third kappa shape index (κ3) is 10.0. The van der Waals surface area contributed by atoms with Crippen LogP contribution in [0.25, 0.3) is 11.3 Å². The first kappa shape index (κ1) is 42.4. The van der Waals surface area contributed by atoms with Gasteiger partial charge in [0.05, 0.1) is 17.5 Å². The number of carbonyl (C=O) groups is 5. The summed E-state index contributed by atoms with van der Waals surface area (Å²) in [6, 6.07) is 3.97. The molecule has 4 N–H and O–H groups in total. The molecule has 320 valence electrons. The fourth-order valence-corrected chi connectivity index (χ4v) is 10.1. The highest BCUT2D eigenvalue weighted by Crippen LogP contribution is 2.46. The van der Waals surface area contributed by atoms with Crippen LogP contribution >= 0.6 is 11.3 Å². The second-order valence-corrected chi connectivity index (χ2v) is 20.5. The standard InChI is InChI=1S/C41H55N7O9S2/c1-24(2)42-37-43-32(23-58-37)25-13-14-26-20-47(21-27(26)17-25)39(53)56-29-18-33-34(49)45-41(36(51)46-59(54,55)30-15-16-30)19-28(41)11-9-7-6-8-10-12-31(35(50)48(33)22-29)44-38(52)57-40(3,4)5/h9,11,13-14,17,23-24,28-31,33H,6-8,10,12,15-16,18-22H2,1-5H3,(H,42,43)(H,44,52)(H,45,49)(H,46,51)/b11-9-/t28-,29+,31-,33-,41+/m0/s1. The molecule has 1 aromatic carbocycles. The van der Waals surface area contributed by atoms with Gasteiger partial charge in [-0.1, -0.05) is 37.1 Å². The molecule has 1 saturated heterocycles. The Labute approximate surface area is 349 Å². The number of amides is 5. The number of sulfonamides is 1. The maximum absolute atomic E-state index is 14.5. The van der Waals surface area contributed by atoms with Crippen LogP contribution < -0.4 is 20.7 Å². The molecule has 2 aliphatic carbocycles. The summed E-state index contributed by atoms with van der Waals surface area (Å²) in [5, 5.41) is 11.0. The number of fused-ring (bicyclic) bond motifs is 3. The summed E-state index contributed by atoms with van der Waals surface area (Å²) >= 11 is 1.52. The van der Waals surface area contributed by atoms with E-state index in [1.165, 1.54) is 16.2 Å². The van der Waals surface area contributed by atoms with Gasteiger partial charge in [0.25, 0.3) is 5.91 Å². The van der Waals surface area contributed by atoms with Gasteiger partial charge in [-0.05, 0) is 90.3 Å². The minimum Gasteiger partial charge on any atom is -0.444 e. The number of allylic oxidation sites excluding steroid dienone is 1. The Morgan fingerprint density at radius 1 is 1.05 bits per heavy atom. The quantitative estimate of drug-likeness (QED) is 0.262. The molecule has 59 heavy (non-hydrogen) atoms. The van der Waals surface area contributed by atoms with E-state index in [0.29, 0.717) is 38.8 Å². The number of ether oxygens (including phenoxy) is 2. The fourth-order valence-electron chi connectivity index (χ4n) is 7.92. The summed E-state index contributed by atoms with van der Waals surface area (Å²) in [6.07, 6.45) is 5.52. The molecule has 1 aromatic heterocycles. The first-order valence-electron chi connectivity index (χ1n) is 20.6. The van der Waals surface area contributed by atoms with Crippen molar-refractivity contribution in [1.82, 2.24) is 30.1 Å². The first-order valence-corrected chi connectivity index (χ1v) is 23.0. The summed E-state index contributed by atoms with van der Waals surface area (Å²) in [5.74, 6) is -2.52. The molecular formula is C41H55N7O9S2. The molecule has 5 aliphatic rings. The van der Waals surface area contributed by atoms with E-state index in [1.807, 2.05) is 49.6 Å². The SMILES string of the molecule is CC(C)Nc1nc(-c2ccc3c(c2)CN(C(=O)O[C@@H]2C[C@H]4C(=O)N[C@]5(C(=O)NS(=O)(=O)C6CC6)C[C@@H]5/C=C\CCCCC[C@H](NC(=O)OC(C)(C)C)C(=O)N4C2)C3)cs1. The third-order valence-corrected chi connectivity index (χ3v) is 13.8. The Hall–Kier alpha value is -4.71. The van der Waals surface area contributed by atoms with Crippen molar-refractivity contribution < 1.29 is 41.9 Å². The summed E-state index contributed by atoms with van der Waals surface area (Å²) in [7, 11) is -3.92. The van der Waals surface area contributed by atoms with Gasteiger partial charge >= 0.3 is 12.2 Å². The summed E-state index contributed by atoms with van der Waals surface area (Å²) in [5.41, 5.74) is 1.30. The smallest absolute Gasteiger partial charge is 0.410 e. The lowest BCUT2D eigenvalue weighted by Gasteiger charge is -2.30. The van der Waals surface area contributed by atoms with Crippen molar-refractivity contribution in [2.24, 2.45) is 5.92 Å². The number of rotatable bonds is 8. The average molecular weight is 854 g/mol. The molecule has 0 radical (unpaired) electrons. The Balaban J connectivity index is 1.10. The van der Waals surface area contributed by atoms with Crippen molar-refractivity contribution in [2.75, 3.05) is 11.9 Å². The lowest BCUT2D eigenvalue weighted by molar-refractivity contribution is -0.141. The average Bonchev–Trinajstić information content (AvgIpc) is 3.96. The lowest BCUT2D eigenvalue weighted by atomic mass is 10.0. The molecule has 3 aliphatic heterocycles. The van der Waals surface area contributed by atoms with Crippen LogP contribution in [0.15, 0.2) is 35.7 Å². The minimum absolute atomic E-state index is 0.0808. The van der Waals surface area contributed by atoms with Crippen molar-refractivity contribution in [1.29, 1.82) is 0 Å². The van der Waals surface area contributed by atoms with Crippen molar-refractivity contribution in [3.8, 4) is 11.3 Å². The number of alkyl carbamates (subject to hydrolysis) is 1. The monoisotopic (exact) mass is 853 g/mol. The molecule has 3 fully saturated rings. The van der Waals surface area contributed by atoms with Crippen LogP contribution in [0.1, 0.15) is 104 Å². The number of hydrogen-bond acceptors (Lipinski definition) is 12. The largest absolute Gasteiger partial charge is 0.444 e. The second-order valence-electron chi connectivity index (χ2n) is 17.6. The minimum atomic E-state index is -3.92. The number of nitrogens with one attached hydrogen (secondary N) is 4. The number of anilines is 1. The molecular weight excluding hydrogens is 799 g/mol. The van der Waals surface area contributed by atoms with Gasteiger partial charge in [0.15, 0.2) is 5.13 Å². The van der Waals surface area contributed by atoms with E-state index < -0.39 is 80.4 Å². The van der Waals surface area contributed by atoms with Gasteiger partial charge in [0.1, 0.15) is 29.3 Å². The first-order chi connectivity index (χ1) is 27.9. The normalized spacial score (nSPS) is 26.7. The van der Waals surface area contributed by atoms with Crippen LogP contribution in [0.3, 0.4) is 0 Å². The molecule has 0 bridgehead atoms. The highest BCUT2D eigenvalue weighted by molar-refractivity contribution is 7.91. The van der Waals surface area contributed by atoms with E-state index in [0.717, 1.165) is 40.4 Å². The molecule has 2 aromatic rings. The van der Waals surface area contributed by atoms with Crippen LogP contribution in [0.5, 0.6) is 0 Å². The second kappa shape index (κ2) is 16.7. The molecule has 0 unspecified atom stereocenters. The number of hydrogen-bond donors (Lipinski definition) is 4. The Morgan fingerprint density at radius 2 is 1.81 bits per heavy atom. The zero-order valence-electron chi connectivity index (χ0n) is 34.2. The Bertz CT molecular complexity index is 2110. The van der Waals surface area contributed by atoms with Crippen LogP contribution in [0, 0.1) is 5.92 Å². The van der Waals surface area contributed by atoms with Crippen LogP contribution in [0.2, 0.25) is 0 Å². The number of thiazole rings is 1. The third-order valence-electron chi connectivity index (χ3n) is 11.2. The van der Waals surface area contributed by atoms with Gasteiger partial charge in [-0.25, -0.2) is 23.0 Å². The lowest BCUT2D eigenvalue weighted by Crippen LogP contribution is -2.58. The molecule has 18 heteroatoms. The number of benzene rings is 1. The maximum atomic E-state index is 14.5. The number of aromatic nitrogens is 1. The molecule has 5 atom stereocenters. The predicted molar refractivity (Wildman–Crippen MR) is 220 cm³/mol. The topological polar surface area (TPSA) is 205 Å². The fraction of sp³-hybridized carbons (Fsp3) is 0.610. The van der Waals surface area contributed by atoms with Crippen molar-refractivity contribution in [3.63, 3.8) is 0 Å². The number of nitrogens with zero attached hydrogens (tertiary/aromatic N) is 3. The number of carbonyl (C=O) groups excluding carboxylic acids is 5. The summed E-state index contributed by atoms with van der Waals surface area (Å²) in [6.45, 7) is 9.70.